The van der Waals surface area contributed by atoms with Gasteiger partial charge in [-0.25, -0.2) is 0 Å². The standard InChI is InChI=1S/C9H16O/c1-3-5-7-9(10)8-6-4-2/h3,5H,4,6-8H2,1-2H3. The van der Waals surface area contributed by atoms with Crippen molar-refractivity contribution < 1.29 is 4.79 Å². The molecular weight excluding hydrogens is 124 g/mol. The highest BCUT2D eigenvalue weighted by Gasteiger charge is 1.95. The number of hydrogen-bond donors (Lipinski definition) is 0. The average molecular weight is 140 g/mol. The van der Waals surface area contributed by atoms with E-state index >= 15 is 0 Å². The van der Waals surface area contributed by atoms with Crippen LogP contribution in [0.3, 0.4) is 0 Å². The lowest BCUT2D eigenvalue weighted by molar-refractivity contribution is -0.118. The van der Waals surface area contributed by atoms with E-state index in [2.05, 4.69) is 6.92 Å². The number of unbranched alkanes of at least 4 members (excludes halogenated alkanes) is 1. The topological polar surface area (TPSA) is 17.1 Å². The first-order valence-electron chi connectivity index (χ1n) is 3.94. The Hall–Kier alpha value is -0.590. The van der Waals surface area contributed by atoms with Gasteiger partial charge in [0.1, 0.15) is 5.78 Å². The molecule has 0 fully saturated rings. The molecule has 0 N–H and O–H groups in total. The van der Waals surface area contributed by atoms with E-state index in [1.165, 1.54) is 0 Å². The van der Waals surface area contributed by atoms with Crippen molar-refractivity contribution in [3.63, 3.8) is 0 Å². The van der Waals surface area contributed by atoms with Crippen LogP contribution >= 0.6 is 0 Å². The molecule has 0 radical (unpaired) electrons. The molecule has 0 aliphatic heterocycles. The minimum atomic E-state index is 0.361. The summed E-state index contributed by atoms with van der Waals surface area (Å²) in [6.07, 6.45) is 7.36. The Morgan fingerprint density at radius 2 is 2.20 bits per heavy atom. The fourth-order valence-electron chi connectivity index (χ4n) is 0.725. The number of Topliss-reactive ketones (excluding diaryl/α,β-unsaturated/α-hetero) is 1. The summed E-state index contributed by atoms with van der Waals surface area (Å²) in [6.45, 7) is 4.04. The Labute approximate surface area is 63.1 Å². The second-order valence-electron chi connectivity index (χ2n) is 2.42. The van der Waals surface area contributed by atoms with Crippen LogP contribution in [0.2, 0.25) is 0 Å². The smallest absolute Gasteiger partial charge is 0.136 e. The van der Waals surface area contributed by atoms with Crippen molar-refractivity contribution in [3.8, 4) is 0 Å². The van der Waals surface area contributed by atoms with Crippen molar-refractivity contribution in [2.75, 3.05) is 0 Å². The number of carbonyl (C=O) groups excluding carboxylic acids is 1. The number of ketones is 1. The van der Waals surface area contributed by atoms with Crippen LogP contribution in [0.5, 0.6) is 0 Å². The maximum atomic E-state index is 10.9. The summed E-state index contributed by atoms with van der Waals surface area (Å²) in [4.78, 5) is 10.9. The van der Waals surface area contributed by atoms with Crippen LogP contribution in [0, 0.1) is 0 Å². The van der Waals surface area contributed by atoms with Gasteiger partial charge >= 0.3 is 0 Å². The second-order valence-corrected chi connectivity index (χ2v) is 2.42. The van der Waals surface area contributed by atoms with Crippen LogP contribution in [0.1, 0.15) is 39.5 Å². The highest BCUT2D eigenvalue weighted by Crippen LogP contribution is 1.98. The molecule has 0 unspecified atom stereocenters. The molecule has 0 atom stereocenters. The molecule has 0 aliphatic rings. The zero-order valence-electron chi connectivity index (χ0n) is 6.89. The van der Waals surface area contributed by atoms with E-state index in [9.17, 15) is 4.79 Å². The monoisotopic (exact) mass is 140 g/mol. The molecule has 0 amide bonds. The van der Waals surface area contributed by atoms with Gasteiger partial charge in [-0.05, 0) is 13.3 Å². The number of carbonyl (C=O) groups is 1. The average Bonchev–Trinajstić information content (AvgIpc) is 1.97. The van der Waals surface area contributed by atoms with Gasteiger partial charge in [-0.1, -0.05) is 25.5 Å². The van der Waals surface area contributed by atoms with E-state index < -0.39 is 0 Å². The fourth-order valence-corrected chi connectivity index (χ4v) is 0.725. The molecule has 1 heteroatoms. The maximum Gasteiger partial charge on any atom is 0.136 e. The second kappa shape index (κ2) is 6.53. The summed E-state index contributed by atoms with van der Waals surface area (Å²) in [5.41, 5.74) is 0. The van der Waals surface area contributed by atoms with Crippen molar-refractivity contribution >= 4 is 5.78 Å². The Bertz CT molecular complexity index is 114. The number of hydrogen-bond acceptors (Lipinski definition) is 1. The Kier molecular flexibility index (Phi) is 6.14. The first kappa shape index (κ1) is 9.41. The van der Waals surface area contributed by atoms with Crippen LogP contribution in [-0.4, -0.2) is 5.78 Å². The zero-order chi connectivity index (χ0) is 7.82. The van der Waals surface area contributed by atoms with Gasteiger partial charge in [0.15, 0.2) is 0 Å². The lowest BCUT2D eigenvalue weighted by Gasteiger charge is -1.92. The molecule has 1 nitrogen and oxygen atoms in total. The summed E-state index contributed by atoms with van der Waals surface area (Å²) < 4.78 is 0. The molecule has 0 aromatic carbocycles. The van der Waals surface area contributed by atoms with Crippen LogP contribution in [0.4, 0.5) is 0 Å². The van der Waals surface area contributed by atoms with E-state index in [1.807, 2.05) is 19.1 Å². The third-order valence-electron chi connectivity index (χ3n) is 1.39. The highest BCUT2D eigenvalue weighted by molar-refractivity contribution is 5.79. The summed E-state index contributed by atoms with van der Waals surface area (Å²) in [5.74, 6) is 0.361. The highest BCUT2D eigenvalue weighted by atomic mass is 16.1. The Balaban J connectivity index is 3.25. The predicted octanol–water partition coefficient (Wildman–Crippen LogP) is 2.71. The van der Waals surface area contributed by atoms with E-state index in [0.29, 0.717) is 12.2 Å². The molecule has 0 aliphatic carbocycles. The van der Waals surface area contributed by atoms with E-state index in [-0.39, 0.29) is 0 Å². The molecule has 0 saturated heterocycles. The van der Waals surface area contributed by atoms with Gasteiger partial charge in [-0.2, -0.15) is 0 Å². The SMILES string of the molecule is CC=CCC(=O)CCCC. The molecule has 0 aromatic rings. The Morgan fingerprint density at radius 3 is 2.70 bits per heavy atom. The first-order valence-corrected chi connectivity index (χ1v) is 3.94. The molecule has 0 saturated carbocycles. The minimum Gasteiger partial charge on any atom is -0.299 e. The normalized spacial score (nSPS) is 10.6. The predicted molar refractivity (Wildman–Crippen MR) is 44.0 cm³/mol. The number of rotatable bonds is 5. The summed E-state index contributed by atoms with van der Waals surface area (Å²) in [7, 11) is 0. The van der Waals surface area contributed by atoms with Gasteiger partial charge in [0.2, 0.25) is 0 Å². The molecule has 58 valence electrons. The van der Waals surface area contributed by atoms with Crippen LogP contribution < -0.4 is 0 Å². The van der Waals surface area contributed by atoms with Crippen molar-refractivity contribution in [2.45, 2.75) is 39.5 Å². The van der Waals surface area contributed by atoms with Crippen molar-refractivity contribution in [1.82, 2.24) is 0 Å². The fraction of sp³-hybridized carbons (Fsp3) is 0.667. The molecule has 10 heavy (non-hydrogen) atoms. The van der Waals surface area contributed by atoms with Gasteiger partial charge in [-0.3, -0.25) is 4.79 Å². The number of allylic oxidation sites excluding steroid dienone is 2. The first-order chi connectivity index (χ1) is 4.81. The molecule has 0 rings (SSSR count). The van der Waals surface area contributed by atoms with Gasteiger partial charge in [-0.15, -0.1) is 0 Å². The van der Waals surface area contributed by atoms with E-state index in [0.717, 1.165) is 19.3 Å². The maximum absolute atomic E-state index is 10.9. The Morgan fingerprint density at radius 1 is 1.50 bits per heavy atom. The van der Waals surface area contributed by atoms with E-state index in [4.69, 9.17) is 0 Å². The zero-order valence-corrected chi connectivity index (χ0v) is 6.89. The van der Waals surface area contributed by atoms with Gasteiger partial charge < -0.3 is 0 Å². The lowest BCUT2D eigenvalue weighted by Crippen LogP contribution is -1.93. The van der Waals surface area contributed by atoms with Gasteiger partial charge in [0.05, 0.1) is 0 Å². The third kappa shape index (κ3) is 5.54. The van der Waals surface area contributed by atoms with Gasteiger partial charge in [0.25, 0.3) is 0 Å². The van der Waals surface area contributed by atoms with Crippen LogP contribution in [0.15, 0.2) is 12.2 Å². The van der Waals surface area contributed by atoms with Crippen molar-refractivity contribution in [2.24, 2.45) is 0 Å². The van der Waals surface area contributed by atoms with Crippen molar-refractivity contribution in [1.29, 1.82) is 0 Å². The van der Waals surface area contributed by atoms with E-state index in [1.54, 1.807) is 0 Å². The quantitative estimate of drug-likeness (QED) is 0.536. The van der Waals surface area contributed by atoms with Crippen LogP contribution in [0.25, 0.3) is 0 Å². The summed E-state index contributed by atoms with van der Waals surface area (Å²) in [5, 5.41) is 0. The summed E-state index contributed by atoms with van der Waals surface area (Å²) in [6, 6.07) is 0. The molecular formula is C9H16O. The largest absolute Gasteiger partial charge is 0.299 e. The van der Waals surface area contributed by atoms with Crippen molar-refractivity contribution in [3.05, 3.63) is 12.2 Å². The summed E-state index contributed by atoms with van der Waals surface area (Å²) >= 11 is 0. The molecule has 0 aromatic heterocycles. The third-order valence-corrected chi connectivity index (χ3v) is 1.39. The molecule has 0 spiro atoms. The van der Waals surface area contributed by atoms with Gasteiger partial charge in [0, 0.05) is 12.8 Å². The molecule has 0 heterocycles. The lowest BCUT2D eigenvalue weighted by atomic mass is 10.1. The molecule has 0 bridgehead atoms. The van der Waals surface area contributed by atoms with Crippen LogP contribution in [-0.2, 0) is 4.79 Å². The minimum absolute atomic E-state index is 0.361.